The first kappa shape index (κ1) is 20.3. The quantitative estimate of drug-likeness (QED) is 0.557. The standard InChI is InChI=1S/C21H20FN3O3S/c1-14-8-10-18(24-21(26)23-17-6-4-3-5-7-17)13-19(14)25-29(27,28)20-11-9-16(22)12-15(20)2/h3-13,25H,1-2H3,(H2,23,24,26). The summed E-state index contributed by atoms with van der Waals surface area (Å²) in [6.45, 7) is 3.26. The highest BCUT2D eigenvalue weighted by molar-refractivity contribution is 7.92. The largest absolute Gasteiger partial charge is 0.323 e. The molecular formula is C21H20FN3O3S. The predicted molar refractivity (Wildman–Crippen MR) is 112 cm³/mol. The predicted octanol–water partition coefficient (Wildman–Crippen LogP) is 4.89. The molecule has 0 aromatic heterocycles. The number of sulfonamides is 1. The molecule has 0 fully saturated rings. The highest BCUT2D eigenvalue weighted by atomic mass is 32.2. The molecular weight excluding hydrogens is 393 g/mol. The second-order valence-electron chi connectivity index (χ2n) is 6.49. The van der Waals surface area contributed by atoms with Crippen LogP contribution < -0.4 is 15.4 Å². The molecule has 0 radical (unpaired) electrons. The van der Waals surface area contributed by atoms with Crippen molar-refractivity contribution in [2.75, 3.05) is 15.4 Å². The van der Waals surface area contributed by atoms with E-state index in [-0.39, 0.29) is 4.90 Å². The van der Waals surface area contributed by atoms with Crippen LogP contribution in [0.4, 0.5) is 26.2 Å². The molecule has 29 heavy (non-hydrogen) atoms. The van der Waals surface area contributed by atoms with Crippen molar-refractivity contribution in [3.63, 3.8) is 0 Å². The van der Waals surface area contributed by atoms with Crippen LogP contribution in [0.25, 0.3) is 0 Å². The second kappa shape index (κ2) is 8.32. The van der Waals surface area contributed by atoms with E-state index in [0.29, 0.717) is 28.2 Å². The van der Waals surface area contributed by atoms with E-state index >= 15 is 0 Å². The SMILES string of the molecule is Cc1ccc(NC(=O)Nc2ccccc2)cc1NS(=O)(=O)c1ccc(F)cc1C. The molecule has 0 saturated carbocycles. The van der Waals surface area contributed by atoms with Gasteiger partial charge in [0.25, 0.3) is 10.0 Å². The van der Waals surface area contributed by atoms with E-state index in [1.807, 2.05) is 6.07 Å². The van der Waals surface area contributed by atoms with Crippen LogP contribution >= 0.6 is 0 Å². The molecule has 0 atom stereocenters. The van der Waals surface area contributed by atoms with Crippen molar-refractivity contribution < 1.29 is 17.6 Å². The third-order valence-corrected chi connectivity index (χ3v) is 5.72. The lowest BCUT2D eigenvalue weighted by molar-refractivity contribution is 0.262. The number of benzene rings is 3. The molecule has 2 amide bonds. The number of hydrogen-bond donors (Lipinski definition) is 3. The van der Waals surface area contributed by atoms with Crippen LogP contribution in [0.1, 0.15) is 11.1 Å². The van der Waals surface area contributed by atoms with E-state index in [1.165, 1.54) is 19.1 Å². The van der Waals surface area contributed by atoms with Gasteiger partial charge in [0.15, 0.2) is 0 Å². The molecule has 0 spiro atoms. The average Bonchev–Trinajstić information content (AvgIpc) is 2.64. The Labute approximate surface area is 168 Å². The maximum atomic E-state index is 13.3. The van der Waals surface area contributed by atoms with Crippen molar-refractivity contribution in [2.45, 2.75) is 18.7 Å². The Balaban J connectivity index is 1.79. The minimum atomic E-state index is -3.92. The van der Waals surface area contributed by atoms with Crippen molar-refractivity contribution >= 4 is 33.1 Å². The van der Waals surface area contributed by atoms with Gasteiger partial charge in [0.2, 0.25) is 0 Å². The Hall–Kier alpha value is -3.39. The summed E-state index contributed by atoms with van der Waals surface area (Å²) in [6.07, 6.45) is 0. The maximum Gasteiger partial charge on any atom is 0.323 e. The monoisotopic (exact) mass is 413 g/mol. The maximum absolute atomic E-state index is 13.3. The first-order chi connectivity index (χ1) is 13.7. The molecule has 8 heteroatoms. The number of rotatable bonds is 5. The number of anilines is 3. The highest BCUT2D eigenvalue weighted by Crippen LogP contribution is 2.25. The number of para-hydroxylation sites is 1. The van der Waals surface area contributed by atoms with E-state index in [1.54, 1.807) is 43.3 Å². The molecule has 3 aromatic rings. The molecule has 3 rings (SSSR count). The van der Waals surface area contributed by atoms with Crippen molar-refractivity contribution in [3.8, 4) is 0 Å². The molecule has 0 aliphatic carbocycles. The van der Waals surface area contributed by atoms with E-state index < -0.39 is 21.9 Å². The third kappa shape index (κ3) is 5.11. The lowest BCUT2D eigenvalue weighted by Gasteiger charge is -2.14. The Morgan fingerprint density at radius 3 is 2.21 bits per heavy atom. The van der Waals surface area contributed by atoms with Gasteiger partial charge in [-0.25, -0.2) is 17.6 Å². The van der Waals surface area contributed by atoms with Gasteiger partial charge in [-0.05, 0) is 67.4 Å². The molecule has 3 N–H and O–H groups in total. The molecule has 0 bridgehead atoms. The zero-order chi connectivity index (χ0) is 21.0. The minimum absolute atomic E-state index is 0.0153. The number of amides is 2. The zero-order valence-electron chi connectivity index (χ0n) is 15.9. The van der Waals surface area contributed by atoms with Crippen LogP contribution in [0, 0.1) is 19.7 Å². The van der Waals surface area contributed by atoms with Crippen LogP contribution in [0.2, 0.25) is 0 Å². The highest BCUT2D eigenvalue weighted by Gasteiger charge is 2.18. The number of aryl methyl sites for hydroxylation is 2. The summed E-state index contributed by atoms with van der Waals surface area (Å²) in [6, 6.07) is 16.8. The number of urea groups is 1. The summed E-state index contributed by atoms with van der Waals surface area (Å²) in [5.41, 5.74) is 2.32. The normalized spacial score (nSPS) is 11.0. The van der Waals surface area contributed by atoms with Crippen molar-refractivity contribution in [2.24, 2.45) is 0 Å². The van der Waals surface area contributed by atoms with Gasteiger partial charge in [0, 0.05) is 11.4 Å². The van der Waals surface area contributed by atoms with Gasteiger partial charge in [0.05, 0.1) is 10.6 Å². The summed E-state index contributed by atoms with van der Waals surface area (Å²) in [4.78, 5) is 12.1. The number of halogens is 1. The summed E-state index contributed by atoms with van der Waals surface area (Å²) in [5, 5.41) is 5.36. The number of nitrogens with one attached hydrogen (secondary N) is 3. The zero-order valence-corrected chi connectivity index (χ0v) is 16.7. The molecule has 0 heterocycles. The number of hydrogen-bond acceptors (Lipinski definition) is 3. The fraction of sp³-hybridized carbons (Fsp3) is 0.0952. The van der Waals surface area contributed by atoms with Crippen molar-refractivity contribution in [1.82, 2.24) is 0 Å². The Bertz CT molecular complexity index is 1150. The van der Waals surface area contributed by atoms with Gasteiger partial charge in [-0.3, -0.25) is 4.72 Å². The van der Waals surface area contributed by atoms with E-state index in [4.69, 9.17) is 0 Å². The van der Waals surface area contributed by atoms with Gasteiger partial charge in [-0.15, -0.1) is 0 Å². The number of carbonyl (C=O) groups is 1. The van der Waals surface area contributed by atoms with Gasteiger partial charge in [-0.1, -0.05) is 24.3 Å². The van der Waals surface area contributed by atoms with E-state index in [0.717, 1.165) is 12.1 Å². The summed E-state index contributed by atoms with van der Waals surface area (Å²) >= 11 is 0. The first-order valence-electron chi connectivity index (χ1n) is 8.77. The van der Waals surface area contributed by atoms with Gasteiger partial charge < -0.3 is 10.6 Å². The van der Waals surface area contributed by atoms with Gasteiger partial charge >= 0.3 is 6.03 Å². The summed E-state index contributed by atoms with van der Waals surface area (Å²) in [7, 11) is -3.92. The van der Waals surface area contributed by atoms with Crippen molar-refractivity contribution in [1.29, 1.82) is 0 Å². The third-order valence-electron chi connectivity index (χ3n) is 4.20. The van der Waals surface area contributed by atoms with Crippen LogP contribution in [0.3, 0.4) is 0 Å². The molecule has 0 saturated heterocycles. The molecule has 0 unspecified atom stereocenters. The van der Waals surface area contributed by atoms with Crippen LogP contribution in [-0.2, 0) is 10.0 Å². The van der Waals surface area contributed by atoms with Gasteiger partial charge in [0.1, 0.15) is 5.82 Å². The lowest BCUT2D eigenvalue weighted by atomic mass is 10.2. The number of carbonyl (C=O) groups excluding carboxylic acids is 1. The fourth-order valence-electron chi connectivity index (χ4n) is 2.74. The smallest absolute Gasteiger partial charge is 0.308 e. The molecule has 3 aromatic carbocycles. The molecule has 0 aliphatic rings. The van der Waals surface area contributed by atoms with Gasteiger partial charge in [-0.2, -0.15) is 0 Å². The van der Waals surface area contributed by atoms with Crippen molar-refractivity contribution in [3.05, 3.63) is 83.7 Å². The molecule has 0 aliphatic heterocycles. The summed E-state index contributed by atoms with van der Waals surface area (Å²) in [5.74, 6) is -0.506. The first-order valence-corrected chi connectivity index (χ1v) is 10.3. The molecule has 150 valence electrons. The Morgan fingerprint density at radius 1 is 0.828 bits per heavy atom. The fourth-order valence-corrected chi connectivity index (χ4v) is 4.09. The lowest BCUT2D eigenvalue weighted by Crippen LogP contribution is -2.20. The van der Waals surface area contributed by atoms with E-state index in [2.05, 4.69) is 15.4 Å². The van der Waals surface area contributed by atoms with Crippen LogP contribution in [0.15, 0.2) is 71.6 Å². The van der Waals surface area contributed by atoms with Crippen LogP contribution in [-0.4, -0.2) is 14.4 Å². The second-order valence-corrected chi connectivity index (χ2v) is 8.14. The van der Waals surface area contributed by atoms with Crippen LogP contribution in [0.5, 0.6) is 0 Å². The Kier molecular flexibility index (Phi) is 5.84. The summed E-state index contributed by atoms with van der Waals surface area (Å²) < 4.78 is 41.3. The average molecular weight is 413 g/mol. The minimum Gasteiger partial charge on any atom is -0.308 e. The topological polar surface area (TPSA) is 87.3 Å². The Morgan fingerprint density at radius 2 is 1.52 bits per heavy atom. The van der Waals surface area contributed by atoms with E-state index in [9.17, 15) is 17.6 Å². The molecule has 6 nitrogen and oxygen atoms in total.